The van der Waals surface area contributed by atoms with Crippen LogP contribution in [0.15, 0.2) is 0 Å². The lowest BCUT2D eigenvalue weighted by atomic mass is 9.83. The van der Waals surface area contributed by atoms with Gasteiger partial charge >= 0.3 is 0 Å². The van der Waals surface area contributed by atoms with Crippen LogP contribution in [0.4, 0.5) is 0 Å². The maximum absolute atomic E-state index is 3.78. The van der Waals surface area contributed by atoms with Crippen molar-refractivity contribution in [3.8, 4) is 0 Å². The van der Waals surface area contributed by atoms with Crippen molar-refractivity contribution >= 4 is 11.8 Å². The van der Waals surface area contributed by atoms with Crippen LogP contribution in [0, 0.1) is 11.8 Å². The lowest BCUT2D eigenvalue weighted by Crippen LogP contribution is -2.43. The highest BCUT2D eigenvalue weighted by atomic mass is 32.2. The van der Waals surface area contributed by atoms with Crippen LogP contribution in [0.25, 0.3) is 0 Å². The number of hydrogen-bond acceptors (Lipinski definition) is 2. The molecule has 2 heteroatoms. The smallest absolute Gasteiger partial charge is 0.0206 e. The number of thioether (sulfide) groups is 1. The van der Waals surface area contributed by atoms with Gasteiger partial charge in [-0.25, -0.2) is 0 Å². The van der Waals surface area contributed by atoms with Gasteiger partial charge in [0.1, 0.15) is 0 Å². The van der Waals surface area contributed by atoms with Gasteiger partial charge in [0.15, 0.2) is 0 Å². The second kappa shape index (κ2) is 8.68. The Morgan fingerprint density at radius 3 is 2.60 bits per heavy atom. The maximum Gasteiger partial charge on any atom is 0.0206 e. The molecule has 0 aromatic heterocycles. The molecule has 2 fully saturated rings. The monoisotopic (exact) mass is 297 g/mol. The summed E-state index contributed by atoms with van der Waals surface area (Å²) >= 11 is 2.36. The van der Waals surface area contributed by atoms with Gasteiger partial charge in [0.05, 0.1) is 0 Å². The zero-order valence-electron chi connectivity index (χ0n) is 13.9. The molecule has 0 bridgehead atoms. The van der Waals surface area contributed by atoms with E-state index in [2.05, 4.69) is 37.8 Å². The van der Waals surface area contributed by atoms with E-state index in [9.17, 15) is 0 Å². The van der Waals surface area contributed by atoms with Gasteiger partial charge in [-0.3, -0.25) is 0 Å². The summed E-state index contributed by atoms with van der Waals surface area (Å²) in [5.74, 6) is 1.97. The van der Waals surface area contributed by atoms with Gasteiger partial charge < -0.3 is 5.32 Å². The molecule has 0 aliphatic heterocycles. The summed E-state index contributed by atoms with van der Waals surface area (Å²) in [4.78, 5) is 0. The molecule has 5 atom stereocenters. The Kier molecular flexibility index (Phi) is 7.24. The van der Waals surface area contributed by atoms with Gasteiger partial charge in [0.25, 0.3) is 0 Å². The Morgan fingerprint density at radius 2 is 1.90 bits per heavy atom. The molecule has 0 aromatic rings. The van der Waals surface area contributed by atoms with Gasteiger partial charge in [-0.1, -0.05) is 46.5 Å². The van der Waals surface area contributed by atoms with Crippen LogP contribution in [-0.2, 0) is 0 Å². The van der Waals surface area contributed by atoms with Gasteiger partial charge in [0.2, 0.25) is 0 Å². The van der Waals surface area contributed by atoms with E-state index in [0.29, 0.717) is 0 Å². The first-order valence-electron chi connectivity index (χ1n) is 9.11. The summed E-state index contributed by atoms with van der Waals surface area (Å²) in [7, 11) is 0. The largest absolute Gasteiger partial charge is 0.313 e. The third kappa shape index (κ3) is 4.94. The van der Waals surface area contributed by atoms with Gasteiger partial charge in [-0.05, 0) is 50.5 Å². The summed E-state index contributed by atoms with van der Waals surface area (Å²) < 4.78 is 0. The lowest BCUT2D eigenvalue weighted by Gasteiger charge is -2.39. The van der Waals surface area contributed by atoms with Crippen molar-refractivity contribution in [2.45, 2.75) is 95.1 Å². The molecule has 20 heavy (non-hydrogen) atoms. The first-order chi connectivity index (χ1) is 9.72. The van der Waals surface area contributed by atoms with Gasteiger partial charge in [-0.2, -0.15) is 11.8 Å². The molecule has 1 N–H and O–H groups in total. The van der Waals surface area contributed by atoms with E-state index in [1.54, 1.807) is 0 Å². The minimum Gasteiger partial charge on any atom is -0.313 e. The normalized spacial score (nSPS) is 38.9. The average molecular weight is 298 g/mol. The van der Waals surface area contributed by atoms with E-state index in [0.717, 1.165) is 34.9 Å². The van der Waals surface area contributed by atoms with Crippen molar-refractivity contribution in [3.05, 3.63) is 0 Å². The fourth-order valence-electron chi connectivity index (χ4n) is 4.28. The van der Waals surface area contributed by atoms with Crippen molar-refractivity contribution < 1.29 is 0 Å². The Bertz CT molecular complexity index is 268. The first kappa shape index (κ1) is 16.7. The quantitative estimate of drug-likeness (QED) is 0.719. The van der Waals surface area contributed by atoms with E-state index in [4.69, 9.17) is 0 Å². The summed E-state index contributed by atoms with van der Waals surface area (Å²) in [5.41, 5.74) is 0. The van der Waals surface area contributed by atoms with Crippen LogP contribution in [0.5, 0.6) is 0 Å². The van der Waals surface area contributed by atoms with Crippen LogP contribution in [0.1, 0.15) is 78.6 Å². The third-order valence-electron chi connectivity index (χ3n) is 5.32. The SMILES string of the molecule is CCCC1CCC(NCC)C(SC2CCCC(C)C2)C1. The summed E-state index contributed by atoms with van der Waals surface area (Å²) in [6.07, 6.45) is 13.1. The van der Waals surface area contributed by atoms with E-state index >= 15 is 0 Å². The van der Waals surface area contributed by atoms with Crippen LogP contribution < -0.4 is 5.32 Å². The number of nitrogens with one attached hydrogen (secondary N) is 1. The first-order valence-corrected chi connectivity index (χ1v) is 10.1. The topological polar surface area (TPSA) is 12.0 Å². The Hall–Kier alpha value is 0.310. The maximum atomic E-state index is 3.78. The molecule has 0 spiro atoms. The predicted molar refractivity (Wildman–Crippen MR) is 92.5 cm³/mol. The van der Waals surface area contributed by atoms with Crippen molar-refractivity contribution in [2.24, 2.45) is 11.8 Å². The second-order valence-electron chi connectivity index (χ2n) is 7.20. The zero-order chi connectivity index (χ0) is 14.4. The molecule has 2 saturated carbocycles. The highest BCUT2D eigenvalue weighted by Gasteiger charge is 2.32. The van der Waals surface area contributed by atoms with E-state index in [1.165, 1.54) is 57.8 Å². The molecular weight excluding hydrogens is 262 g/mol. The highest BCUT2D eigenvalue weighted by molar-refractivity contribution is 8.00. The molecule has 118 valence electrons. The Morgan fingerprint density at radius 1 is 1.05 bits per heavy atom. The highest BCUT2D eigenvalue weighted by Crippen LogP contribution is 2.41. The zero-order valence-corrected chi connectivity index (χ0v) is 14.7. The van der Waals surface area contributed by atoms with Crippen molar-refractivity contribution in [3.63, 3.8) is 0 Å². The molecule has 5 unspecified atom stereocenters. The molecule has 0 amide bonds. The summed E-state index contributed by atoms with van der Waals surface area (Å²) in [6, 6.07) is 0.787. The van der Waals surface area contributed by atoms with Crippen LogP contribution in [0.2, 0.25) is 0 Å². The van der Waals surface area contributed by atoms with Gasteiger partial charge in [-0.15, -0.1) is 0 Å². The van der Waals surface area contributed by atoms with Gasteiger partial charge in [0, 0.05) is 16.5 Å². The average Bonchev–Trinajstić information content (AvgIpc) is 2.42. The van der Waals surface area contributed by atoms with E-state index in [-0.39, 0.29) is 0 Å². The van der Waals surface area contributed by atoms with Crippen LogP contribution in [0.3, 0.4) is 0 Å². The fourth-order valence-corrected chi connectivity index (χ4v) is 6.32. The minimum absolute atomic E-state index is 0.787. The summed E-state index contributed by atoms with van der Waals surface area (Å²) in [6.45, 7) is 8.21. The molecule has 0 aromatic carbocycles. The third-order valence-corrected chi connectivity index (χ3v) is 7.00. The van der Waals surface area contributed by atoms with E-state index in [1.807, 2.05) is 0 Å². The second-order valence-corrected chi connectivity index (χ2v) is 8.74. The van der Waals surface area contributed by atoms with Crippen LogP contribution >= 0.6 is 11.8 Å². The number of hydrogen-bond donors (Lipinski definition) is 1. The van der Waals surface area contributed by atoms with Crippen molar-refractivity contribution in [1.29, 1.82) is 0 Å². The molecule has 0 saturated heterocycles. The Labute approximate surface area is 131 Å². The van der Waals surface area contributed by atoms with Crippen molar-refractivity contribution in [1.82, 2.24) is 5.32 Å². The molecule has 0 heterocycles. The predicted octanol–water partition coefficient (Wildman–Crippen LogP) is 5.25. The molecule has 2 aliphatic carbocycles. The molecule has 1 nitrogen and oxygen atoms in total. The molecule has 0 radical (unpaired) electrons. The van der Waals surface area contributed by atoms with Crippen molar-refractivity contribution in [2.75, 3.05) is 6.54 Å². The van der Waals surface area contributed by atoms with Crippen LogP contribution in [-0.4, -0.2) is 23.1 Å². The molecule has 2 aliphatic rings. The fraction of sp³-hybridized carbons (Fsp3) is 1.00. The standard InChI is InChI=1S/C18H35NS/c1-4-7-15-10-11-17(19-5-2)18(13-15)20-16-9-6-8-14(3)12-16/h14-19H,4-13H2,1-3H3. The lowest BCUT2D eigenvalue weighted by molar-refractivity contribution is 0.288. The van der Waals surface area contributed by atoms with E-state index < -0.39 is 0 Å². The molecular formula is C18H35NS. The number of rotatable bonds is 6. The summed E-state index contributed by atoms with van der Waals surface area (Å²) in [5, 5.41) is 5.61. The Balaban J connectivity index is 1.88. The molecule has 2 rings (SSSR count). The minimum atomic E-state index is 0.787.